The molecule has 2 fully saturated rings. The predicted octanol–water partition coefficient (Wildman–Crippen LogP) is 11.1. The van der Waals surface area contributed by atoms with E-state index in [4.69, 9.17) is 42.3 Å². The van der Waals surface area contributed by atoms with Crippen LogP contribution in [0, 0.1) is 46.9 Å². The molecular formula is C80H120F4N2O22S2Si. The normalized spacial score (nSPS) is 30.4. The second-order valence-corrected chi connectivity index (χ2v) is 40.5. The quantitative estimate of drug-likeness (QED) is 0.00791. The van der Waals surface area contributed by atoms with E-state index in [1.54, 1.807) is 79.2 Å². The van der Waals surface area contributed by atoms with Crippen LogP contribution >= 0.6 is 0 Å². The minimum atomic E-state index is -4.50. The number of benzene rings is 2. The zero-order valence-corrected chi connectivity index (χ0v) is 70.4. The van der Waals surface area contributed by atoms with Crippen LogP contribution < -0.4 is 9.44 Å². The average Bonchev–Trinajstić information content (AvgIpc) is 1.60. The van der Waals surface area contributed by atoms with E-state index >= 15 is 0 Å². The Hall–Kier alpha value is -5.88. The standard InChI is InChI=1S/C43H67F2NO11SSi.C37H53F2NO11S/c1-14-34(53-11)28(4)38-39(56-38)40(46-58(51,52)31-18-19-32(44)33(45)25-31)43(10,50)22-15-16-26(2)37-27(3)17-20-35(54-29(5)47)42(9,49)23-21-30(24-36(48)55-37)57-59(12,13)41(6,7)8;1-9-29(48-8)23(4)33-34(51-33)35(40-52(46,47)26-13-14-27(38)28(39)20-26)37(7,45)17-10-11-21(2)32-22(3)12-15-30(49-24(5)41)36(6,44)18-16-25(42)19-31(43)50-32/h15-20,22,25,27-28,30,34-35,37-40,46,49-50H,14,21,23-24H2,1-13H3;10-15,17,20,22-23,25,29-30,32-35,40,42,44-45H,9,16,18-19H2,1-8H3/b20-17+,22-15+,26-16+;15-12+,17-10+,21-11+/t27-,28+,30+,34-,35-,37?,38+,39-,40?,42+,43?;22-,23+,25+,29-,30-,32?,33+,34-,35?,36+,37?/m00/s1. The molecule has 0 amide bonds. The number of aliphatic hydroxyl groups is 5. The summed E-state index contributed by atoms with van der Waals surface area (Å²) in [4.78, 5) is 49.4. The number of allylic oxidation sites excluding steroid dienone is 4. The molecule has 22 atom stereocenters. The first-order chi connectivity index (χ1) is 51.2. The maximum absolute atomic E-state index is 14.1. The molecule has 2 aromatic rings. The molecule has 4 aliphatic rings. The number of hydrogen-bond donors (Lipinski definition) is 7. The third kappa shape index (κ3) is 27.1. The van der Waals surface area contributed by atoms with Crippen LogP contribution in [-0.4, -0.2) is 197 Å². The third-order valence-corrected chi connectivity index (χ3v) is 29.0. The molecule has 2 saturated heterocycles. The molecule has 0 bridgehead atoms. The van der Waals surface area contributed by atoms with Gasteiger partial charge < -0.3 is 67.9 Å². The first kappa shape index (κ1) is 95.7. The Morgan fingerprint density at radius 2 is 0.991 bits per heavy atom. The number of sulfonamides is 2. The van der Waals surface area contributed by atoms with E-state index in [1.807, 2.05) is 27.7 Å². The van der Waals surface area contributed by atoms with Crippen LogP contribution in [-0.2, 0) is 81.5 Å². The molecule has 0 aromatic heterocycles. The van der Waals surface area contributed by atoms with E-state index in [2.05, 4.69) is 43.3 Å². The summed E-state index contributed by atoms with van der Waals surface area (Å²) >= 11 is 0. The highest BCUT2D eigenvalue weighted by molar-refractivity contribution is 7.89. The van der Waals surface area contributed by atoms with E-state index in [0.29, 0.717) is 54.7 Å². The average molecular weight is 1630 g/mol. The van der Waals surface area contributed by atoms with Crippen molar-refractivity contribution < 1.29 is 121 Å². The second-order valence-electron chi connectivity index (χ2n) is 32.3. The van der Waals surface area contributed by atoms with Gasteiger partial charge in [0.05, 0.1) is 82.5 Å². The number of carbonyl (C=O) groups is 4. The van der Waals surface area contributed by atoms with Gasteiger partial charge in [-0.15, -0.1) is 0 Å². The fraction of sp³-hybridized carbons (Fsp3) is 0.650. The third-order valence-electron chi connectivity index (χ3n) is 21.6. The Kier molecular flexibility index (Phi) is 34.2. The molecule has 0 radical (unpaired) electrons. The van der Waals surface area contributed by atoms with Crippen molar-refractivity contribution in [3.05, 3.63) is 132 Å². The van der Waals surface area contributed by atoms with Gasteiger partial charge in [0.1, 0.15) is 47.8 Å². The highest BCUT2D eigenvalue weighted by Crippen LogP contribution is 2.43. The first-order valence-electron chi connectivity index (χ1n) is 37.6. The highest BCUT2D eigenvalue weighted by Gasteiger charge is 2.57. The summed E-state index contributed by atoms with van der Waals surface area (Å²) in [5.74, 6) is -8.92. The van der Waals surface area contributed by atoms with Crippen molar-refractivity contribution in [3.8, 4) is 0 Å². The van der Waals surface area contributed by atoms with Crippen LogP contribution in [0.2, 0.25) is 18.1 Å². The zero-order valence-electron chi connectivity index (χ0n) is 67.8. The van der Waals surface area contributed by atoms with Gasteiger partial charge in [-0.2, -0.15) is 0 Å². The summed E-state index contributed by atoms with van der Waals surface area (Å²) in [6.45, 7) is 33.3. The summed E-state index contributed by atoms with van der Waals surface area (Å²) in [5, 5.41) is 56.7. The van der Waals surface area contributed by atoms with Gasteiger partial charge in [-0.1, -0.05) is 111 Å². The molecule has 4 aliphatic heterocycles. The van der Waals surface area contributed by atoms with Crippen LogP contribution in [0.25, 0.3) is 0 Å². The van der Waals surface area contributed by atoms with Gasteiger partial charge in [-0.25, -0.2) is 43.8 Å². The lowest BCUT2D eigenvalue weighted by atomic mass is 9.87. The Labute approximate surface area is 654 Å². The molecule has 0 spiro atoms. The molecule has 6 rings (SSSR count). The number of hydrogen-bond acceptors (Lipinski definition) is 22. The summed E-state index contributed by atoms with van der Waals surface area (Å²) in [7, 11) is -8.26. The van der Waals surface area contributed by atoms with E-state index in [9.17, 15) is 79.1 Å². The van der Waals surface area contributed by atoms with Crippen molar-refractivity contribution in [3.63, 3.8) is 0 Å². The van der Waals surface area contributed by atoms with Gasteiger partial charge in [0.2, 0.25) is 20.0 Å². The molecule has 0 aliphatic carbocycles. The maximum atomic E-state index is 14.1. The Morgan fingerprint density at radius 3 is 1.33 bits per heavy atom. The van der Waals surface area contributed by atoms with Gasteiger partial charge in [0.15, 0.2) is 31.6 Å². The summed E-state index contributed by atoms with van der Waals surface area (Å²) in [5.41, 5.74) is -5.80. The fourth-order valence-electron chi connectivity index (χ4n) is 13.5. The van der Waals surface area contributed by atoms with Gasteiger partial charge in [-0.3, -0.25) is 19.2 Å². The largest absolute Gasteiger partial charge is 0.457 e. The minimum Gasteiger partial charge on any atom is -0.457 e. The van der Waals surface area contributed by atoms with Crippen molar-refractivity contribution in [2.45, 2.75) is 305 Å². The molecule has 111 heavy (non-hydrogen) atoms. The minimum absolute atomic E-state index is 0.0382. The van der Waals surface area contributed by atoms with Gasteiger partial charge >= 0.3 is 23.9 Å². The lowest BCUT2D eigenvalue weighted by Crippen LogP contribution is -2.54. The molecule has 24 nitrogen and oxygen atoms in total. The molecule has 31 heteroatoms. The lowest BCUT2D eigenvalue weighted by Gasteiger charge is -2.40. The van der Waals surface area contributed by atoms with E-state index in [0.717, 1.165) is 12.1 Å². The van der Waals surface area contributed by atoms with Gasteiger partial charge in [-0.05, 0) is 158 Å². The Morgan fingerprint density at radius 1 is 0.622 bits per heavy atom. The van der Waals surface area contributed by atoms with E-state index in [1.165, 1.54) is 65.0 Å². The van der Waals surface area contributed by atoms with Gasteiger partial charge in [0, 0.05) is 51.7 Å². The SMILES string of the molecule is CC[C@H](OC)[C@@H](C)[C@H]1O[C@@H]1C(NS(=O)(=O)c1ccc(F)c(F)c1)C(C)(O)/C=C/C=C(\C)C1OC(=O)C[C@H](O)CC[C@@](C)(O)[C@@H](OC(C)=O)/C=C/[C@@H]1C.CC[C@H](OC)[C@@H](C)[C@H]1O[C@@H]1C(NS(=O)(=O)c1ccc(F)c(F)c1)C(C)(O)/C=C/C=C(\C)C1OC(=O)C[C@H](O[Si](C)(C)C(C)(C)C)CC[C@@](C)(O)[C@@H](OC(C)=O)/C=C/[C@@H]1C. The fourth-order valence-corrected chi connectivity index (χ4v) is 17.6. The Balaban J connectivity index is 0.000000400. The number of esters is 4. The van der Waals surface area contributed by atoms with Crippen LogP contribution in [0.5, 0.6) is 0 Å². The summed E-state index contributed by atoms with van der Waals surface area (Å²) in [6.07, 6.45) is 8.14. The predicted molar refractivity (Wildman–Crippen MR) is 410 cm³/mol. The van der Waals surface area contributed by atoms with Crippen LogP contribution in [0.15, 0.2) is 118 Å². The van der Waals surface area contributed by atoms with E-state index in [-0.39, 0.29) is 61.2 Å². The topological polar surface area (TPSA) is 351 Å². The number of cyclic esters (lactones) is 2. The number of rotatable bonds is 28. The second kappa shape index (κ2) is 39.6. The molecule has 6 unspecified atom stereocenters. The van der Waals surface area contributed by atoms with Crippen LogP contribution in [0.1, 0.15) is 169 Å². The molecular weight excluding hydrogens is 1510 g/mol. The Bertz CT molecular complexity index is 3920. The van der Waals surface area contributed by atoms with Crippen LogP contribution in [0.4, 0.5) is 17.6 Å². The van der Waals surface area contributed by atoms with Crippen molar-refractivity contribution in [2.75, 3.05) is 14.2 Å². The maximum Gasteiger partial charge on any atom is 0.309 e. The lowest BCUT2D eigenvalue weighted by molar-refractivity contribution is -0.158. The zero-order chi connectivity index (χ0) is 84.1. The molecule has 2 aromatic carbocycles. The first-order valence-corrected chi connectivity index (χ1v) is 43.5. The number of nitrogens with one attached hydrogen (secondary N) is 2. The van der Waals surface area contributed by atoms with Crippen molar-refractivity contribution >= 4 is 52.2 Å². The smallest absolute Gasteiger partial charge is 0.309 e. The number of halogens is 4. The number of carbonyl (C=O) groups excluding carboxylic acids is 4. The summed E-state index contributed by atoms with van der Waals surface area (Å²) in [6, 6.07) is 1.76. The van der Waals surface area contributed by atoms with Crippen molar-refractivity contribution in [2.24, 2.45) is 23.7 Å². The monoisotopic (exact) mass is 1630 g/mol. The number of ether oxygens (including phenoxy) is 8. The van der Waals surface area contributed by atoms with Crippen molar-refractivity contribution in [1.29, 1.82) is 0 Å². The highest BCUT2D eigenvalue weighted by atomic mass is 32.2. The molecule has 0 saturated carbocycles. The number of methoxy groups -OCH3 is 2. The molecule has 7 N–H and O–H groups in total. The number of aliphatic hydroxyl groups excluding tert-OH is 1. The van der Waals surface area contributed by atoms with Crippen LogP contribution in [0.3, 0.4) is 0 Å². The van der Waals surface area contributed by atoms with E-state index < -0.39 is 193 Å². The summed E-state index contributed by atoms with van der Waals surface area (Å²) < 4.78 is 167. The van der Waals surface area contributed by atoms with Gasteiger partial charge in [0.25, 0.3) is 0 Å². The molecule has 626 valence electrons. The number of epoxide rings is 2. The molecule has 4 heterocycles. The van der Waals surface area contributed by atoms with Crippen molar-refractivity contribution in [1.82, 2.24) is 9.44 Å².